The maximum Gasteiger partial charge on any atom is 0.162 e. The summed E-state index contributed by atoms with van der Waals surface area (Å²) in [4.78, 5) is 4.55. The van der Waals surface area contributed by atoms with Crippen molar-refractivity contribution >= 4 is 22.6 Å². The number of benzene rings is 1. The first-order valence-electron chi connectivity index (χ1n) is 6.79. The molecule has 6 heteroatoms. The van der Waals surface area contributed by atoms with Gasteiger partial charge in [-0.2, -0.15) is 10.2 Å². The van der Waals surface area contributed by atoms with Crippen molar-refractivity contribution in [3.63, 3.8) is 0 Å². The van der Waals surface area contributed by atoms with E-state index in [9.17, 15) is 0 Å². The summed E-state index contributed by atoms with van der Waals surface area (Å²) < 4.78 is 3.56. The fourth-order valence-corrected chi connectivity index (χ4v) is 2.63. The highest BCUT2D eigenvalue weighted by Crippen LogP contribution is 2.24. The minimum absolute atomic E-state index is 0.674. The van der Waals surface area contributed by atoms with E-state index >= 15 is 0 Å². The van der Waals surface area contributed by atoms with Crippen LogP contribution in [0.1, 0.15) is 0 Å². The van der Waals surface area contributed by atoms with Gasteiger partial charge in [0.15, 0.2) is 5.65 Å². The number of pyridine rings is 1. The molecule has 22 heavy (non-hydrogen) atoms. The first-order valence-corrected chi connectivity index (χ1v) is 7.17. The summed E-state index contributed by atoms with van der Waals surface area (Å²) in [5.41, 5.74) is 3.75. The van der Waals surface area contributed by atoms with Crippen LogP contribution >= 0.6 is 11.6 Å². The summed E-state index contributed by atoms with van der Waals surface area (Å²) in [6, 6.07) is 9.62. The van der Waals surface area contributed by atoms with Crippen LogP contribution in [0.25, 0.3) is 27.8 Å². The van der Waals surface area contributed by atoms with Crippen LogP contribution in [0.5, 0.6) is 0 Å². The highest BCUT2D eigenvalue weighted by molar-refractivity contribution is 6.30. The smallest absolute Gasteiger partial charge is 0.162 e. The molecular formula is C16H12ClN5. The highest BCUT2D eigenvalue weighted by Gasteiger charge is 2.09. The van der Waals surface area contributed by atoms with Crippen molar-refractivity contribution in [2.75, 3.05) is 0 Å². The van der Waals surface area contributed by atoms with Crippen LogP contribution in [0.4, 0.5) is 0 Å². The maximum atomic E-state index is 6.05. The molecule has 0 bridgehead atoms. The van der Waals surface area contributed by atoms with Gasteiger partial charge in [0.2, 0.25) is 0 Å². The zero-order valence-electron chi connectivity index (χ0n) is 11.8. The summed E-state index contributed by atoms with van der Waals surface area (Å²) in [6.45, 7) is 0. The average Bonchev–Trinajstić information content (AvgIpc) is 3.12. The Morgan fingerprint density at radius 1 is 1.00 bits per heavy atom. The number of halogens is 1. The van der Waals surface area contributed by atoms with Crippen LogP contribution in [0.3, 0.4) is 0 Å². The molecule has 0 aliphatic heterocycles. The van der Waals surface area contributed by atoms with E-state index in [1.807, 2.05) is 56.1 Å². The Hall–Kier alpha value is -2.66. The standard InChI is InChI=1S/C16H12ClN5/c1-21-10-13(9-19-21)11-5-12-8-20-22(16(12)18-7-11)15-4-2-3-14(17)6-15/h2-10H,1H3. The van der Waals surface area contributed by atoms with E-state index < -0.39 is 0 Å². The van der Waals surface area contributed by atoms with Gasteiger partial charge in [0.25, 0.3) is 0 Å². The minimum Gasteiger partial charge on any atom is -0.275 e. The van der Waals surface area contributed by atoms with Crippen molar-refractivity contribution in [2.45, 2.75) is 0 Å². The van der Waals surface area contributed by atoms with Gasteiger partial charge in [-0.1, -0.05) is 17.7 Å². The summed E-state index contributed by atoms with van der Waals surface area (Å²) in [5.74, 6) is 0. The Morgan fingerprint density at radius 3 is 2.68 bits per heavy atom. The third kappa shape index (κ3) is 2.16. The number of aryl methyl sites for hydroxylation is 1. The Balaban J connectivity index is 1.84. The lowest BCUT2D eigenvalue weighted by Crippen LogP contribution is -1.97. The molecule has 0 saturated carbocycles. The lowest BCUT2D eigenvalue weighted by Gasteiger charge is -2.03. The molecule has 0 unspecified atom stereocenters. The van der Waals surface area contributed by atoms with Gasteiger partial charge in [0.1, 0.15) is 0 Å². The van der Waals surface area contributed by atoms with Gasteiger partial charge < -0.3 is 0 Å². The van der Waals surface area contributed by atoms with Crippen molar-refractivity contribution in [1.29, 1.82) is 0 Å². The molecular weight excluding hydrogens is 298 g/mol. The van der Waals surface area contributed by atoms with E-state index in [0.29, 0.717) is 5.02 Å². The van der Waals surface area contributed by atoms with Gasteiger partial charge in [-0.15, -0.1) is 0 Å². The molecule has 1 aromatic carbocycles. The Bertz CT molecular complexity index is 970. The normalized spacial score (nSPS) is 11.2. The van der Waals surface area contributed by atoms with Crippen LogP contribution in [0, 0.1) is 0 Å². The minimum atomic E-state index is 0.674. The lowest BCUT2D eigenvalue weighted by atomic mass is 10.1. The van der Waals surface area contributed by atoms with Crippen LogP contribution in [0.2, 0.25) is 5.02 Å². The summed E-state index contributed by atoms with van der Waals surface area (Å²) in [6.07, 6.45) is 7.43. The predicted molar refractivity (Wildman–Crippen MR) is 86.1 cm³/mol. The molecule has 0 aliphatic rings. The van der Waals surface area contributed by atoms with E-state index in [2.05, 4.69) is 21.2 Å². The lowest BCUT2D eigenvalue weighted by molar-refractivity contribution is 0.768. The monoisotopic (exact) mass is 309 g/mol. The molecule has 0 radical (unpaired) electrons. The van der Waals surface area contributed by atoms with Crippen LogP contribution < -0.4 is 0 Å². The molecule has 0 spiro atoms. The molecule has 5 nitrogen and oxygen atoms in total. The van der Waals surface area contributed by atoms with E-state index in [0.717, 1.165) is 27.8 Å². The van der Waals surface area contributed by atoms with Gasteiger partial charge in [-0.25, -0.2) is 9.67 Å². The number of nitrogens with zero attached hydrogens (tertiary/aromatic N) is 5. The Kier molecular flexibility index (Phi) is 2.94. The molecule has 0 fully saturated rings. The van der Waals surface area contributed by atoms with Crippen molar-refractivity contribution in [3.8, 4) is 16.8 Å². The summed E-state index contributed by atoms with van der Waals surface area (Å²) in [5, 5.41) is 10.3. The highest BCUT2D eigenvalue weighted by atomic mass is 35.5. The summed E-state index contributed by atoms with van der Waals surface area (Å²) in [7, 11) is 1.90. The molecule has 3 aromatic heterocycles. The zero-order valence-corrected chi connectivity index (χ0v) is 12.6. The van der Waals surface area contributed by atoms with Crippen LogP contribution in [-0.2, 0) is 7.05 Å². The van der Waals surface area contributed by atoms with Crippen molar-refractivity contribution in [1.82, 2.24) is 24.5 Å². The molecule has 4 aromatic rings. The number of aromatic nitrogens is 5. The SMILES string of the molecule is Cn1cc(-c2cnc3c(cnn3-c3cccc(Cl)c3)c2)cn1. The Morgan fingerprint density at radius 2 is 1.91 bits per heavy atom. The molecule has 3 heterocycles. The molecule has 0 saturated heterocycles. The fourth-order valence-electron chi connectivity index (χ4n) is 2.45. The van der Waals surface area contributed by atoms with Crippen molar-refractivity contribution < 1.29 is 0 Å². The predicted octanol–water partition coefficient (Wildman–Crippen LogP) is 3.47. The van der Waals surface area contributed by atoms with Gasteiger partial charge in [0.05, 0.1) is 18.1 Å². The zero-order chi connectivity index (χ0) is 15.1. The molecule has 0 N–H and O–H groups in total. The van der Waals surface area contributed by atoms with Gasteiger partial charge >= 0.3 is 0 Å². The van der Waals surface area contributed by atoms with Gasteiger partial charge in [-0.05, 0) is 24.3 Å². The van der Waals surface area contributed by atoms with Gasteiger partial charge in [-0.3, -0.25) is 4.68 Å². The van der Waals surface area contributed by atoms with Crippen LogP contribution in [-0.4, -0.2) is 24.5 Å². The molecule has 108 valence electrons. The Labute approximate surface area is 131 Å². The van der Waals surface area contributed by atoms with E-state index in [1.165, 1.54) is 0 Å². The average molecular weight is 310 g/mol. The second-order valence-electron chi connectivity index (χ2n) is 5.08. The largest absolute Gasteiger partial charge is 0.275 e. The molecule has 4 rings (SSSR count). The third-order valence-corrected chi connectivity index (χ3v) is 3.73. The van der Waals surface area contributed by atoms with Gasteiger partial charge in [0, 0.05) is 41.0 Å². The maximum absolute atomic E-state index is 6.05. The van der Waals surface area contributed by atoms with E-state index in [1.54, 1.807) is 9.36 Å². The van der Waals surface area contributed by atoms with Crippen molar-refractivity contribution in [3.05, 3.63) is 60.1 Å². The molecule has 0 aliphatic carbocycles. The fraction of sp³-hybridized carbons (Fsp3) is 0.0625. The van der Waals surface area contributed by atoms with Crippen LogP contribution in [0.15, 0.2) is 55.1 Å². The number of rotatable bonds is 2. The number of hydrogen-bond acceptors (Lipinski definition) is 3. The molecule has 0 amide bonds. The first-order chi connectivity index (χ1) is 10.7. The number of hydrogen-bond donors (Lipinski definition) is 0. The second-order valence-corrected chi connectivity index (χ2v) is 5.51. The third-order valence-electron chi connectivity index (χ3n) is 3.50. The topological polar surface area (TPSA) is 48.5 Å². The summed E-state index contributed by atoms with van der Waals surface area (Å²) >= 11 is 6.05. The first kappa shape index (κ1) is 13.0. The quantitative estimate of drug-likeness (QED) is 0.569. The van der Waals surface area contributed by atoms with Crippen molar-refractivity contribution in [2.24, 2.45) is 7.05 Å². The molecule has 0 atom stereocenters. The van der Waals surface area contributed by atoms with E-state index in [4.69, 9.17) is 11.6 Å². The van der Waals surface area contributed by atoms with E-state index in [-0.39, 0.29) is 0 Å². The number of fused-ring (bicyclic) bond motifs is 1. The second kappa shape index (κ2) is 4.96.